The molecule has 0 aromatic heterocycles. The van der Waals surface area contributed by atoms with Crippen molar-refractivity contribution in [1.82, 2.24) is 10.2 Å². The third-order valence-corrected chi connectivity index (χ3v) is 9.18. The van der Waals surface area contributed by atoms with Gasteiger partial charge in [0.1, 0.15) is 5.82 Å². The molecule has 4 heteroatoms. The van der Waals surface area contributed by atoms with Crippen molar-refractivity contribution in [3.05, 3.63) is 59.5 Å². The van der Waals surface area contributed by atoms with Crippen LogP contribution in [-0.4, -0.2) is 51.2 Å². The van der Waals surface area contributed by atoms with Gasteiger partial charge >= 0.3 is 0 Å². The Morgan fingerprint density at radius 2 is 1.78 bits per heavy atom. The Labute approximate surface area is 227 Å². The monoisotopic (exact) mass is 504 g/mol. The van der Waals surface area contributed by atoms with E-state index in [9.17, 15) is 0 Å². The fraction of sp³-hybridized carbons (Fsp3) is 0.636. The lowest BCUT2D eigenvalue weighted by molar-refractivity contribution is 0.278. The molecule has 3 fully saturated rings. The molecule has 0 spiro atoms. The van der Waals surface area contributed by atoms with E-state index in [4.69, 9.17) is 0 Å². The van der Waals surface area contributed by atoms with Gasteiger partial charge in [-0.05, 0) is 125 Å². The summed E-state index contributed by atoms with van der Waals surface area (Å²) in [6.07, 6.45) is 16.0. The van der Waals surface area contributed by atoms with Crippen molar-refractivity contribution in [3.63, 3.8) is 0 Å². The average molecular weight is 505 g/mol. The molecule has 0 unspecified atom stereocenters. The zero-order valence-corrected chi connectivity index (χ0v) is 24.2. The highest BCUT2D eigenvalue weighted by atomic mass is 15.2. The quantitative estimate of drug-likeness (QED) is 0.340. The van der Waals surface area contributed by atoms with Crippen LogP contribution in [0.3, 0.4) is 0 Å². The van der Waals surface area contributed by atoms with Crippen LogP contribution in [0, 0.1) is 12.8 Å². The van der Waals surface area contributed by atoms with Crippen molar-refractivity contribution < 1.29 is 0 Å². The molecule has 1 aromatic carbocycles. The van der Waals surface area contributed by atoms with Gasteiger partial charge in [0.25, 0.3) is 0 Å². The van der Waals surface area contributed by atoms with E-state index in [2.05, 4.69) is 73.2 Å². The summed E-state index contributed by atoms with van der Waals surface area (Å²) in [4.78, 5) is 7.39. The summed E-state index contributed by atoms with van der Waals surface area (Å²) < 4.78 is 0. The van der Waals surface area contributed by atoms with Crippen molar-refractivity contribution >= 4 is 11.4 Å². The Morgan fingerprint density at radius 3 is 2.41 bits per heavy atom. The van der Waals surface area contributed by atoms with Gasteiger partial charge in [0.05, 0.1) is 0 Å². The molecule has 0 radical (unpaired) electrons. The maximum atomic E-state index is 4.37. The van der Waals surface area contributed by atoms with Gasteiger partial charge < -0.3 is 20.0 Å². The van der Waals surface area contributed by atoms with Crippen LogP contribution in [0.1, 0.15) is 82.3 Å². The van der Waals surface area contributed by atoms with Crippen LogP contribution in [0.5, 0.6) is 0 Å². The number of benzene rings is 1. The first-order chi connectivity index (χ1) is 17.9. The molecule has 1 heterocycles. The van der Waals surface area contributed by atoms with E-state index < -0.39 is 0 Å². The molecular formula is C33H52N4. The average Bonchev–Trinajstić information content (AvgIpc) is 3.34. The van der Waals surface area contributed by atoms with Crippen LogP contribution < -0.4 is 15.1 Å². The topological polar surface area (TPSA) is 21.8 Å². The summed E-state index contributed by atoms with van der Waals surface area (Å²) in [5.74, 6) is 2.13. The van der Waals surface area contributed by atoms with Crippen molar-refractivity contribution in [1.29, 1.82) is 0 Å². The first-order valence-corrected chi connectivity index (χ1v) is 15.0. The van der Waals surface area contributed by atoms with Gasteiger partial charge in [0.15, 0.2) is 0 Å². The summed E-state index contributed by atoms with van der Waals surface area (Å²) >= 11 is 0. The minimum Gasteiger partial charge on any atom is -0.371 e. The predicted octanol–water partition coefficient (Wildman–Crippen LogP) is 7.20. The minimum absolute atomic E-state index is 0.580. The van der Waals surface area contributed by atoms with E-state index in [1.165, 1.54) is 111 Å². The van der Waals surface area contributed by atoms with Gasteiger partial charge in [-0.2, -0.15) is 0 Å². The number of nitrogens with zero attached hydrogens (tertiary/aromatic N) is 3. The highest BCUT2D eigenvalue weighted by Crippen LogP contribution is 2.36. The Bertz CT molecular complexity index is 963. The molecule has 1 aliphatic heterocycles. The molecule has 3 aliphatic rings. The van der Waals surface area contributed by atoms with Crippen LogP contribution in [0.4, 0.5) is 11.4 Å². The number of allylic oxidation sites excluding steroid dienone is 2. The second-order valence-electron chi connectivity index (χ2n) is 11.8. The Hall–Kier alpha value is -2.36. The van der Waals surface area contributed by atoms with Crippen molar-refractivity contribution in [3.8, 4) is 0 Å². The highest BCUT2D eigenvalue weighted by molar-refractivity contribution is 5.66. The van der Waals surface area contributed by atoms with Crippen LogP contribution in [0.2, 0.25) is 0 Å². The molecule has 0 amide bonds. The maximum absolute atomic E-state index is 4.37. The first kappa shape index (κ1) is 27.7. The highest BCUT2D eigenvalue weighted by Gasteiger charge is 2.26. The third-order valence-electron chi connectivity index (χ3n) is 9.18. The summed E-state index contributed by atoms with van der Waals surface area (Å²) in [5, 5.41) is 3.99. The third kappa shape index (κ3) is 6.75. The molecule has 0 bridgehead atoms. The van der Waals surface area contributed by atoms with Gasteiger partial charge in [-0.3, -0.25) is 0 Å². The normalized spacial score (nSPS) is 23.7. The summed E-state index contributed by atoms with van der Waals surface area (Å²) in [5.41, 5.74) is 8.65. The zero-order valence-electron chi connectivity index (χ0n) is 24.2. The molecule has 37 heavy (non-hydrogen) atoms. The SMILES string of the molecule is C=CCN(C)c1cc(N2CCCCC2)cc(CC2CCC(N/C(=C3\CCCC3=C)N(C)CC)CC2)c1C. The van der Waals surface area contributed by atoms with Gasteiger partial charge in [0.2, 0.25) is 0 Å². The molecular weight excluding hydrogens is 452 g/mol. The lowest BCUT2D eigenvalue weighted by Crippen LogP contribution is -2.39. The van der Waals surface area contributed by atoms with E-state index in [1.807, 2.05) is 6.08 Å². The van der Waals surface area contributed by atoms with Gasteiger partial charge in [-0.15, -0.1) is 6.58 Å². The molecule has 1 aromatic rings. The number of hydrogen-bond acceptors (Lipinski definition) is 4. The second kappa shape index (κ2) is 12.9. The first-order valence-electron chi connectivity index (χ1n) is 15.0. The van der Waals surface area contributed by atoms with Gasteiger partial charge in [-0.25, -0.2) is 0 Å². The number of piperidine rings is 1. The van der Waals surface area contributed by atoms with Crippen LogP contribution in [0.25, 0.3) is 0 Å². The number of rotatable bonds is 10. The molecule has 4 nitrogen and oxygen atoms in total. The van der Waals surface area contributed by atoms with Gasteiger partial charge in [-0.1, -0.05) is 12.7 Å². The van der Waals surface area contributed by atoms with Crippen molar-refractivity contribution in [2.45, 2.75) is 90.5 Å². The fourth-order valence-electron chi connectivity index (χ4n) is 6.67. The van der Waals surface area contributed by atoms with E-state index in [0.29, 0.717) is 6.04 Å². The lowest BCUT2D eigenvalue weighted by Gasteiger charge is -2.35. The Balaban J connectivity index is 1.45. The zero-order chi connectivity index (χ0) is 26.4. The molecule has 2 aliphatic carbocycles. The summed E-state index contributed by atoms with van der Waals surface area (Å²) in [6.45, 7) is 17.2. The van der Waals surface area contributed by atoms with Crippen molar-refractivity contribution in [2.24, 2.45) is 5.92 Å². The van der Waals surface area contributed by atoms with Crippen molar-refractivity contribution in [2.75, 3.05) is 50.1 Å². The number of anilines is 2. The Morgan fingerprint density at radius 1 is 1.05 bits per heavy atom. The lowest BCUT2D eigenvalue weighted by atomic mass is 9.81. The molecule has 2 saturated carbocycles. The molecule has 1 saturated heterocycles. The van der Waals surface area contributed by atoms with Crippen LogP contribution in [-0.2, 0) is 6.42 Å². The van der Waals surface area contributed by atoms with E-state index in [-0.39, 0.29) is 0 Å². The maximum Gasteiger partial charge on any atom is 0.105 e. The molecule has 0 atom stereocenters. The number of hydrogen-bond donors (Lipinski definition) is 1. The van der Waals surface area contributed by atoms with E-state index in [0.717, 1.165) is 25.4 Å². The largest absolute Gasteiger partial charge is 0.371 e. The smallest absolute Gasteiger partial charge is 0.105 e. The fourth-order valence-corrected chi connectivity index (χ4v) is 6.67. The second-order valence-corrected chi connectivity index (χ2v) is 11.8. The van der Waals surface area contributed by atoms with E-state index >= 15 is 0 Å². The van der Waals surface area contributed by atoms with Crippen LogP contribution in [0.15, 0.2) is 48.3 Å². The Kier molecular flexibility index (Phi) is 9.67. The van der Waals surface area contributed by atoms with Crippen LogP contribution >= 0.6 is 0 Å². The van der Waals surface area contributed by atoms with Gasteiger partial charge in [0, 0.05) is 57.7 Å². The minimum atomic E-state index is 0.580. The number of nitrogens with one attached hydrogen (secondary N) is 1. The molecule has 4 rings (SSSR count). The predicted molar refractivity (Wildman–Crippen MR) is 162 cm³/mol. The molecule has 1 N–H and O–H groups in total. The van der Waals surface area contributed by atoms with E-state index in [1.54, 1.807) is 5.56 Å². The standard InChI is InChI=1S/C33H52N4/c1-7-19-36(6)32-24-30(37-20-10-9-11-21-37)23-28(26(32)4)22-27-15-17-29(18-16-27)34-33(35(5)8-2)31-14-12-13-25(31)3/h7,23-24,27,29,34H,1,3,8-22H2,2,4-6H3/b33-31-. The summed E-state index contributed by atoms with van der Waals surface area (Å²) in [7, 11) is 4.44. The number of likely N-dealkylation sites (N-methyl/N-ethyl adjacent to an activating group) is 1. The summed E-state index contributed by atoms with van der Waals surface area (Å²) in [6, 6.07) is 5.54. The molecule has 204 valence electrons.